The van der Waals surface area contributed by atoms with Gasteiger partial charge in [-0.3, -0.25) is 0 Å². The molecule has 0 aromatic rings. The molecular formula is C11H21Br. The van der Waals surface area contributed by atoms with Crippen LogP contribution in [0.5, 0.6) is 0 Å². The van der Waals surface area contributed by atoms with E-state index in [2.05, 4.69) is 36.7 Å². The van der Waals surface area contributed by atoms with Crippen molar-refractivity contribution in [3.63, 3.8) is 0 Å². The van der Waals surface area contributed by atoms with E-state index in [0.29, 0.717) is 4.83 Å². The lowest BCUT2D eigenvalue weighted by Crippen LogP contribution is -2.23. The van der Waals surface area contributed by atoms with Crippen molar-refractivity contribution in [2.75, 3.05) is 0 Å². The average Bonchev–Trinajstić information content (AvgIpc) is 2.04. The van der Waals surface area contributed by atoms with Crippen LogP contribution in [0.4, 0.5) is 0 Å². The number of hydrogen-bond acceptors (Lipinski definition) is 0. The van der Waals surface area contributed by atoms with Crippen LogP contribution in [0, 0.1) is 17.8 Å². The predicted octanol–water partition coefficient (Wildman–Crippen LogP) is 4.23. The SMILES string of the molecule is CC1CCC(C(C)C(C)Br)CC1. The van der Waals surface area contributed by atoms with Gasteiger partial charge in [-0.1, -0.05) is 49.5 Å². The first kappa shape index (κ1) is 10.6. The lowest BCUT2D eigenvalue weighted by atomic mass is 9.76. The minimum absolute atomic E-state index is 0.691. The molecule has 2 atom stereocenters. The maximum atomic E-state index is 3.69. The topological polar surface area (TPSA) is 0 Å². The van der Waals surface area contributed by atoms with E-state index in [4.69, 9.17) is 0 Å². The van der Waals surface area contributed by atoms with Crippen LogP contribution >= 0.6 is 15.9 Å². The van der Waals surface area contributed by atoms with E-state index >= 15 is 0 Å². The second-order valence-corrected chi connectivity index (χ2v) is 6.00. The maximum Gasteiger partial charge on any atom is 0.0145 e. The Morgan fingerprint density at radius 2 is 1.58 bits per heavy atom. The Kier molecular flexibility index (Phi) is 4.09. The summed E-state index contributed by atoms with van der Waals surface area (Å²) in [5.41, 5.74) is 0. The minimum Gasteiger partial charge on any atom is -0.0891 e. The quantitative estimate of drug-likeness (QED) is 0.626. The highest BCUT2D eigenvalue weighted by atomic mass is 79.9. The molecule has 0 aromatic heterocycles. The third-order valence-electron chi connectivity index (χ3n) is 3.53. The summed E-state index contributed by atoms with van der Waals surface area (Å²) >= 11 is 3.69. The summed E-state index contributed by atoms with van der Waals surface area (Å²) in [4.78, 5) is 0.691. The first-order valence-electron chi connectivity index (χ1n) is 5.25. The van der Waals surface area contributed by atoms with Gasteiger partial charge in [0.25, 0.3) is 0 Å². The Balaban J connectivity index is 2.34. The van der Waals surface area contributed by atoms with Gasteiger partial charge in [-0.05, 0) is 30.6 Å². The van der Waals surface area contributed by atoms with Crippen LogP contribution in [-0.2, 0) is 0 Å². The number of halogens is 1. The summed E-state index contributed by atoms with van der Waals surface area (Å²) in [6.07, 6.45) is 5.82. The predicted molar refractivity (Wildman–Crippen MR) is 58.7 cm³/mol. The zero-order chi connectivity index (χ0) is 9.14. The maximum absolute atomic E-state index is 3.69. The molecule has 0 bridgehead atoms. The van der Waals surface area contributed by atoms with Crippen molar-refractivity contribution in [2.45, 2.75) is 51.3 Å². The summed E-state index contributed by atoms with van der Waals surface area (Å²) in [6.45, 7) is 7.06. The molecule has 1 saturated carbocycles. The van der Waals surface area contributed by atoms with Gasteiger partial charge < -0.3 is 0 Å². The Morgan fingerprint density at radius 3 is 2.00 bits per heavy atom. The van der Waals surface area contributed by atoms with Gasteiger partial charge in [-0.2, -0.15) is 0 Å². The molecule has 0 amide bonds. The molecule has 12 heavy (non-hydrogen) atoms. The monoisotopic (exact) mass is 232 g/mol. The van der Waals surface area contributed by atoms with Gasteiger partial charge >= 0.3 is 0 Å². The van der Waals surface area contributed by atoms with E-state index in [9.17, 15) is 0 Å². The lowest BCUT2D eigenvalue weighted by Gasteiger charge is -2.32. The molecule has 0 nitrogen and oxygen atoms in total. The normalized spacial score (nSPS) is 36.0. The minimum atomic E-state index is 0.691. The van der Waals surface area contributed by atoms with E-state index in [1.807, 2.05) is 0 Å². The fraction of sp³-hybridized carbons (Fsp3) is 1.00. The van der Waals surface area contributed by atoms with Gasteiger partial charge in [0.1, 0.15) is 0 Å². The van der Waals surface area contributed by atoms with Crippen molar-refractivity contribution < 1.29 is 0 Å². The summed E-state index contributed by atoms with van der Waals surface area (Å²) in [5, 5.41) is 0. The number of alkyl halides is 1. The largest absolute Gasteiger partial charge is 0.0891 e. The fourth-order valence-corrected chi connectivity index (χ4v) is 2.62. The smallest absolute Gasteiger partial charge is 0.0145 e. The summed E-state index contributed by atoms with van der Waals surface area (Å²) in [6, 6.07) is 0. The molecular weight excluding hydrogens is 212 g/mol. The van der Waals surface area contributed by atoms with Crippen molar-refractivity contribution in [3.05, 3.63) is 0 Å². The lowest BCUT2D eigenvalue weighted by molar-refractivity contribution is 0.224. The first-order valence-corrected chi connectivity index (χ1v) is 6.17. The van der Waals surface area contributed by atoms with Gasteiger partial charge in [-0.25, -0.2) is 0 Å². The van der Waals surface area contributed by atoms with Gasteiger partial charge in [-0.15, -0.1) is 0 Å². The van der Waals surface area contributed by atoms with E-state index < -0.39 is 0 Å². The van der Waals surface area contributed by atoms with Gasteiger partial charge in [0, 0.05) is 4.83 Å². The van der Waals surface area contributed by atoms with E-state index in [0.717, 1.165) is 17.8 Å². The van der Waals surface area contributed by atoms with E-state index in [1.165, 1.54) is 25.7 Å². The molecule has 1 rings (SSSR count). The second-order valence-electron chi connectivity index (χ2n) is 4.56. The van der Waals surface area contributed by atoms with E-state index in [-0.39, 0.29) is 0 Å². The Labute approximate surface area is 85.3 Å². The van der Waals surface area contributed by atoms with Crippen LogP contribution < -0.4 is 0 Å². The Bertz CT molecular complexity index is 123. The van der Waals surface area contributed by atoms with Crippen LogP contribution in [0.3, 0.4) is 0 Å². The molecule has 0 saturated heterocycles. The molecule has 0 heterocycles. The average molecular weight is 233 g/mol. The molecule has 1 fully saturated rings. The molecule has 0 spiro atoms. The molecule has 72 valence electrons. The first-order chi connectivity index (χ1) is 5.61. The zero-order valence-corrected chi connectivity index (χ0v) is 10.1. The van der Waals surface area contributed by atoms with Crippen LogP contribution in [0.1, 0.15) is 46.5 Å². The van der Waals surface area contributed by atoms with Crippen LogP contribution in [0.2, 0.25) is 0 Å². The van der Waals surface area contributed by atoms with Crippen LogP contribution in [-0.4, -0.2) is 4.83 Å². The van der Waals surface area contributed by atoms with Gasteiger partial charge in [0.05, 0.1) is 0 Å². The Hall–Kier alpha value is 0.480. The highest BCUT2D eigenvalue weighted by Crippen LogP contribution is 2.35. The second kappa shape index (κ2) is 4.64. The number of rotatable bonds is 2. The van der Waals surface area contributed by atoms with Crippen LogP contribution in [0.25, 0.3) is 0 Å². The van der Waals surface area contributed by atoms with Crippen molar-refractivity contribution in [1.82, 2.24) is 0 Å². The summed E-state index contributed by atoms with van der Waals surface area (Å²) < 4.78 is 0. The molecule has 1 heteroatoms. The molecule has 0 N–H and O–H groups in total. The molecule has 1 aliphatic carbocycles. The highest BCUT2D eigenvalue weighted by molar-refractivity contribution is 9.09. The highest BCUT2D eigenvalue weighted by Gasteiger charge is 2.25. The molecule has 1 aliphatic rings. The standard InChI is InChI=1S/C11H21Br/c1-8-4-6-11(7-5-8)9(2)10(3)12/h8-11H,4-7H2,1-3H3. The van der Waals surface area contributed by atoms with Gasteiger partial charge in [0.15, 0.2) is 0 Å². The third-order valence-corrected chi connectivity index (χ3v) is 4.36. The van der Waals surface area contributed by atoms with E-state index in [1.54, 1.807) is 0 Å². The zero-order valence-electron chi connectivity index (χ0n) is 8.52. The Morgan fingerprint density at radius 1 is 1.08 bits per heavy atom. The van der Waals surface area contributed by atoms with Crippen molar-refractivity contribution in [1.29, 1.82) is 0 Å². The fourth-order valence-electron chi connectivity index (χ4n) is 2.19. The summed E-state index contributed by atoms with van der Waals surface area (Å²) in [7, 11) is 0. The van der Waals surface area contributed by atoms with Crippen molar-refractivity contribution >= 4 is 15.9 Å². The molecule has 0 radical (unpaired) electrons. The van der Waals surface area contributed by atoms with Crippen molar-refractivity contribution in [3.8, 4) is 0 Å². The third kappa shape index (κ3) is 2.76. The molecule has 2 unspecified atom stereocenters. The molecule has 0 aliphatic heterocycles. The number of hydrogen-bond donors (Lipinski definition) is 0. The molecule has 0 aromatic carbocycles. The van der Waals surface area contributed by atoms with Crippen LogP contribution in [0.15, 0.2) is 0 Å². The van der Waals surface area contributed by atoms with Crippen molar-refractivity contribution in [2.24, 2.45) is 17.8 Å². The summed E-state index contributed by atoms with van der Waals surface area (Å²) in [5.74, 6) is 2.83. The van der Waals surface area contributed by atoms with Gasteiger partial charge in [0.2, 0.25) is 0 Å².